The van der Waals surface area contributed by atoms with Crippen molar-refractivity contribution in [3.05, 3.63) is 24.3 Å². The molecule has 1 amide bonds. The number of rotatable bonds is 4. The first-order valence-corrected chi connectivity index (χ1v) is 7.17. The molecule has 16 heavy (non-hydrogen) atoms. The second kappa shape index (κ2) is 6.49. The number of carbonyl (C=O) groups excluding carboxylic acids is 1. The molecule has 0 aromatic heterocycles. The minimum atomic E-state index is -0.422. The summed E-state index contributed by atoms with van der Waals surface area (Å²) in [6, 6.07) is 7.81. The third kappa shape index (κ3) is 3.49. The van der Waals surface area contributed by atoms with Crippen LogP contribution in [0.4, 0.5) is 4.79 Å². The highest BCUT2D eigenvalue weighted by molar-refractivity contribution is 7.65. The highest BCUT2D eigenvalue weighted by Crippen LogP contribution is 2.33. The molecule has 0 bridgehead atoms. The van der Waals surface area contributed by atoms with Crippen molar-refractivity contribution in [2.45, 2.75) is 13.8 Å². The lowest BCUT2D eigenvalue weighted by Gasteiger charge is -2.14. The lowest BCUT2D eigenvalue weighted by Crippen LogP contribution is -2.22. The zero-order valence-electron chi connectivity index (χ0n) is 9.99. The standard InChI is InChI=1S/C12H18NO2P/c1-4-16(5-2)11-8-6-7-10(9-11)15-12(14)13-3/h6-9H,4-5H2,1-3H3,(H,13,14). The molecule has 0 aliphatic carbocycles. The maximum Gasteiger partial charge on any atom is 0.412 e. The Kier molecular flexibility index (Phi) is 5.27. The van der Waals surface area contributed by atoms with Crippen molar-refractivity contribution in [1.82, 2.24) is 5.32 Å². The van der Waals surface area contributed by atoms with Crippen molar-refractivity contribution in [3.8, 4) is 5.75 Å². The number of hydrogen-bond donors (Lipinski definition) is 1. The molecule has 1 rings (SSSR count). The maximum atomic E-state index is 11.1. The van der Waals surface area contributed by atoms with Crippen LogP contribution in [0, 0.1) is 0 Å². The zero-order valence-corrected chi connectivity index (χ0v) is 10.9. The number of amides is 1. The van der Waals surface area contributed by atoms with Gasteiger partial charge in [-0.3, -0.25) is 0 Å². The first-order valence-electron chi connectivity index (χ1n) is 5.45. The smallest absolute Gasteiger partial charge is 0.410 e. The van der Waals surface area contributed by atoms with Crippen LogP contribution >= 0.6 is 7.92 Å². The molecule has 88 valence electrons. The largest absolute Gasteiger partial charge is 0.412 e. The highest BCUT2D eigenvalue weighted by atomic mass is 31.1. The second-order valence-corrected chi connectivity index (χ2v) is 6.17. The Labute approximate surface area is 97.9 Å². The summed E-state index contributed by atoms with van der Waals surface area (Å²) in [5.41, 5.74) is 0. The Morgan fingerprint density at radius 1 is 1.38 bits per heavy atom. The average molecular weight is 239 g/mol. The second-order valence-electron chi connectivity index (χ2n) is 3.31. The van der Waals surface area contributed by atoms with Gasteiger partial charge in [-0.2, -0.15) is 0 Å². The molecule has 1 aromatic rings. The van der Waals surface area contributed by atoms with Crippen LogP contribution in [0.5, 0.6) is 5.75 Å². The molecule has 0 saturated heterocycles. The van der Waals surface area contributed by atoms with Crippen molar-refractivity contribution in [2.75, 3.05) is 19.4 Å². The topological polar surface area (TPSA) is 38.3 Å². The normalized spacial score (nSPS) is 10.2. The van der Waals surface area contributed by atoms with Gasteiger partial charge in [0.15, 0.2) is 0 Å². The molecule has 0 radical (unpaired) electrons. The molecule has 3 nitrogen and oxygen atoms in total. The van der Waals surface area contributed by atoms with Crippen LogP contribution < -0.4 is 15.4 Å². The molecule has 0 heterocycles. The Balaban J connectivity index is 2.81. The molecule has 0 spiro atoms. The summed E-state index contributed by atoms with van der Waals surface area (Å²) < 4.78 is 5.10. The Morgan fingerprint density at radius 3 is 2.62 bits per heavy atom. The van der Waals surface area contributed by atoms with Gasteiger partial charge in [0.2, 0.25) is 0 Å². The van der Waals surface area contributed by atoms with Crippen molar-refractivity contribution in [1.29, 1.82) is 0 Å². The summed E-state index contributed by atoms with van der Waals surface area (Å²) >= 11 is 0. The molecule has 0 unspecified atom stereocenters. The molecule has 1 aromatic carbocycles. The van der Waals surface area contributed by atoms with E-state index in [4.69, 9.17) is 4.74 Å². The van der Waals surface area contributed by atoms with Gasteiger partial charge in [0, 0.05) is 7.05 Å². The first kappa shape index (κ1) is 13.0. The van der Waals surface area contributed by atoms with E-state index in [-0.39, 0.29) is 7.92 Å². The van der Waals surface area contributed by atoms with E-state index in [1.165, 1.54) is 5.30 Å². The van der Waals surface area contributed by atoms with Crippen LogP contribution in [-0.4, -0.2) is 25.5 Å². The van der Waals surface area contributed by atoms with E-state index in [1.54, 1.807) is 13.1 Å². The zero-order chi connectivity index (χ0) is 12.0. The van der Waals surface area contributed by atoms with Crippen molar-refractivity contribution in [2.24, 2.45) is 0 Å². The average Bonchev–Trinajstić information content (AvgIpc) is 2.31. The Morgan fingerprint density at radius 2 is 2.06 bits per heavy atom. The number of carbonyl (C=O) groups is 1. The predicted molar refractivity (Wildman–Crippen MR) is 69.2 cm³/mol. The highest BCUT2D eigenvalue weighted by Gasteiger charge is 2.08. The summed E-state index contributed by atoms with van der Waals surface area (Å²) in [5, 5.41) is 3.73. The van der Waals surface area contributed by atoms with Crippen molar-refractivity contribution in [3.63, 3.8) is 0 Å². The number of ether oxygens (including phenoxy) is 1. The monoisotopic (exact) mass is 239 g/mol. The lowest BCUT2D eigenvalue weighted by atomic mass is 10.3. The van der Waals surface area contributed by atoms with E-state index < -0.39 is 6.09 Å². The van der Waals surface area contributed by atoms with Crippen LogP contribution in [0.2, 0.25) is 0 Å². The van der Waals surface area contributed by atoms with E-state index >= 15 is 0 Å². The van der Waals surface area contributed by atoms with E-state index in [0.717, 1.165) is 12.3 Å². The van der Waals surface area contributed by atoms with Gasteiger partial charge in [0.05, 0.1) is 0 Å². The molecular formula is C12H18NO2P. The van der Waals surface area contributed by atoms with Crippen molar-refractivity contribution >= 4 is 19.3 Å². The van der Waals surface area contributed by atoms with E-state index in [0.29, 0.717) is 5.75 Å². The fourth-order valence-electron chi connectivity index (χ4n) is 1.49. The van der Waals surface area contributed by atoms with Crippen LogP contribution in [0.15, 0.2) is 24.3 Å². The summed E-state index contributed by atoms with van der Waals surface area (Å²) in [7, 11) is 1.44. The fourth-order valence-corrected chi connectivity index (χ4v) is 3.27. The SMILES string of the molecule is CCP(CC)c1cccc(OC(=O)NC)c1. The summed E-state index contributed by atoms with van der Waals surface area (Å²) in [5.74, 6) is 0.617. The Hall–Kier alpha value is -1.08. The summed E-state index contributed by atoms with van der Waals surface area (Å²) in [6.07, 6.45) is 1.90. The van der Waals surface area contributed by atoms with Crippen LogP contribution in [0.3, 0.4) is 0 Å². The molecule has 0 aliphatic rings. The Bertz CT molecular complexity index is 351. The number of nitrogens with one attached hydrogen (secondary N) is 1. The van der Waals surface area contributed by atoms with Crippen LogP contribution in [0.25, 0.3) is 0 Å². The molecule has 0 aliphatic heterocycles. The molecule has 1 N–H and O–H groups in total. The maximum absolute atomic E-state index is 11.1. The van der Waals surface area contributed by atoms with Crippen LogP contribution in [0.1, 0.15) is 13.8 Å². The third-order valence-electron chi connectivity index (χ3n) is 2.36. The predicted octanol–water partition coefficient (Wildman–Crippen LogP) is 2.55. The quantitative estimate of drug-likeness (QED) is 0.820. The molecular weight excluding hydrogens is 221 g/mol. The first-order chi connectivity index (χ1) is 7.71. The number of hydrogen-bond acceptors (Lipinski definition) is 2. The minimum Gasteiger partial charge on any atom is -0.410 e. The van der Waals surface area contributed by atoms with Gasteiger partial charge < -0.3 is 10.1 Å². The van der Waals surface area contributed by atoms with Crippen molar-refractivity contribution < 1.29 is 9.53 Å². The van der Waals surface area contributed by atoms with Gasteiger partial charge in [-0.1, -0.05) is 33.9 Å². The van der Waals surface area contributed by atoms with Gasteiger partial charge in [-0.25, -0.2) is 4.79 Å². The molecule has 0 fully saturated rings. The minimum absolute atomic E-state index is 0.109. The molecule has 0 atom stereocenters. The van der Waals surface area contributed by atoms with Gasteiger partial charge in [-0.05, 0) is 29.8 Å². The van der Waals surface area contributed by atoms with Gasteiger partial charge in [-0.15, -0.1) is 0 Å². The third-order valence-corrected chi connectivity index (χ3v) is 4.90. The van der Waals surface area contributed by atoms with E-state index in [2.05, 4.69) is 25.2 Å². The fraction of sp³-hybridized carbons (Fsp3) is 0.417. The van der Waals surface area contributed by atoms with E-state index in [9.17, 15) is 4.79 Å². The summed E-state index contributed by atoms with van der Waals surface area (Å²) in [4.78, 5) is 11.1. The van der Waals surface area contributed by atoms with Gasteiger partial charge >= 0.3 is 6.09 Å². The lowest BCUT2D eigenvalue weighted by molar-refractivity contribution is 0.203. The summed E-state index contributed by atoms with van der Waals surface area (Å²) in [6.45, 7) is 4.39. The van der Waals surface area contributed by atoms with Gasteiger partial charge in [0.1, 0.15) is 5.75 Å². The van der Waals surface area contributed by atoms with Crippen LogP contribution in [-0.2, 0) is 0 Å². The van der Waals surface area contributed by atoms with Gasteiger partial charge in [0.25, 0.3) is 0 Å². The molecule has 4 heteroatoms. The number of benzene rings is 1. The molecule has 0 saturated carbocycles. The van der Waals surface area contributed by atoms with E-state index in [1.807, 2.05) is 12.1 Å².